The number of aromatic nitrogens is 1. The summed E-state index contributed by atoms with van der Waals surface area (Å²) in [5.41, 5.74) is 2.39. The predicted octanol–water partition coefficient (Wildman–Crippen LogP) is 5.32. The van der Waals surface area contributed by atoms with Gasteiger partial charge in [0.1, 0.15) is 5.76 Å². The van der Waals surface area contributed by atoms with E-state index >= 15 is 0 Å². The molecule has 3 aromatic rings. The number of nitrogens with zero attached hydrogens (tertiary/aromatic N) is 2. The highest BCUT2D eigenvalue weighted by molar-refractivity contribution is 6.51. The lowest BCUT2D eigenvalue weighted by Gasteiger charge is -2.26. The molecule has 0 radical (unpaired) electrons. The number of hydrogen-bond donors (Lipinski definition) is 1. The molecule has 7 heteroatoms. The standard InChI is InChI=1S/C23H16Cl2N2O3/c1-13-3-2-4-16(11-13)27-20(15-5-6-17(24)18(25)12-15)19(22(29)23(27)30)21(28)14-7-9-26-10-8-14/h2-12,20,28H,1H3/b21-19-. The van der Waals surface area contributed by atoms with Gasteiger partial charge in [0.05, 0.1) is 21.7 Å². The Morgan fingerprint density at radius 2 is 1.73 bits per heavy atom. The Morgan fingerprint density at radius 3 is 2.40 bits per heavy atom. The van der Waals surface area contributed by atoms with Crippen LogP contribution in [0.25, 0.3) is 5.76 Å². The number of hydrogen-bond acceptors (Lipinski definition) is 4. The zero-order valence-electron chi connectivity index (χ0n) is 15.8. The molecule has 0 saturated carbocycles. The number of ketones is 1. The van der Waals surface area contributed by atoms with E-state index in [1.807, 2.05) is 19.1 Å². The lowest BCUT2D eigenvalue weighted by atomic mass is 9.95. The number of aliphatic hydroxyl groups is 1. The molecule has 4 rings (SSSR count). The molecule has 2 heterocycles. The Morgan fingerprint density at radius 1 is 1.00 bits per heavy atom. The molecule has 30 heavy (non-hydrogen) atoms. The highest BCUT2D eigenvalue weighted by Crippen LogP contribution is 2.43. The van der Waals surface area contributed by atoms with Gasteiger partial charge in [0.15, 0.2) is 0 Å². The molecule has 1 aliphatic rings. The minimum atomic E-state index is -0.866. The van der Waals surface area contributed by atoms with Crippen molar-refractivity contribution >= 4 is 46.3 Å². The largest absolute Gasteiger partial charge is 0.507 e. The van der Waals surface area contributed by atoms with Crippen molar-refractivity contribution in [2.45, 2.75) is 13.0 Å². The van der Waals surface area contributed by atoms with E-state index in [1.54, 1.807) is 42.5 Å². The molecule has 1 fully saturated rings. The van der Waals surface area contributed by atoms with Crippen LogP contribution in [-0.4, -0.2) is 21.8 Å². The maximum absolute atomic E-state index is 13.1. The van der Waals surface area contributed by atoms with Gasteiger partial charge in [-0.3, -0.25) is 19.5 Å². The number of pyridine rings is 1. The molecule has 1 amide bonds. The van der Waals surface area contributed by atoms with E-state index in [0.717, 1.165) is 5.56 Å². The van der Waals surface area contributed by atoms with E-state index in [9.17, 15) is 14.7 Å². The third-order valence-corrected chi connectivity index (χ3v) is 5.68. The Balaban J connectivity index is 1.98. The summed E-state index contributed by atoms with van der Waals surface area (Å²) >= 11 is 12.3. The zero-order chi connectivity index (χ0) is 21.4. The minimum Gasteiger partial charge on any atom is -0.507 e. The van der Waals surface area contributed by atoms with Crippen molar-refractivity contribution in [3.05, 3.63) is 99.3 Å². The van der Waals surface area contributed by atoms with Gasteiger partial charge in [0.2, 0.25) is 0 Å². The second-order valence-electron chi connectivity index (χ2n) is 6.92. The molecule has 150 valence electrons. The molecule has 0 spiro atoms. The first kappa shape index (κ1) is 20.1. The number of carbonyl (C=O) groups is 2. The lowest BCUT2D eigenvalue weighted by Crippen LogP contribution is -2.29. The molecular weight excluding hydrogens is 423 g/mol. The van der Waals surface area contributed by atoms with Crippen LogP contribution in [-0.2, 0) is 9.59 Å². The average Bonchev–Trinajstić information content (AvgIpc) is 3.01. The van der Waals surface area contributed by atoms with Crippen LogP contribution in [0.5, 0.6) is 0 Å². The monoisotopic (exact) mass is 438 g/mol. The summed E-state index contributed by atoms with van der Waals surface area (Å²) in [7, 11) is 0. The van der Waals surface area contributed by atoms with E-state index in [0.29, 0.717) is 21.8 Å². The van der Waals surface area contributed by atoms with E-state index in [1.165, 1.54) is 17.3 Å². The number of carbonyl (C=O) groups excluding carboxylic acids is 2. The van der Waals surface area contributed by atoms with Crippen LogP contribution in [0, 0.1) is 6.92 Å². The van der Waals surface area contributed by atoms with Crippen molar-refractivity contribution in [2.75, 3.05) is 4.90 Å². The summed E-state index contributed by atoms with van der Waals surface area (Å²) in [5, 5.41) is 11.6. The number of anilines is 1. The summed E-state index contributed by atoms with van der Waals surface area (Å²) < 4.78 is 0. The lowest BCUT2D eigenvalue weighted by molar-refractivity contribution is -0.132. The Bertz CT molecular complexity index is 1190. The van der Waals surface area contributed by atoms with Crippen molar-refractivity contribution in [1.82, 2.24) is 4.98 Å². The molecule has 1 N–H and O–H groups in total. The summed E-state index contributed by atoms with van der Waals surface area (Å²) in [6.45, 7) is 1.89. The number of aryl methyl sites for hydroxylation is 1. The number of rotatable bonds is 3. The van der Waals surface area contributed by atoms with Crippen molar-refractivity contribution < 1.29 is 14.7 Å². The van der Waals surface area contributed by atoms with E-state index in [-0.39, 0.29) is 16.4 Å². The first-order valence-corrected chi connectivity index (χ1v) is 9.87. The van der Waals surface area contributed by atoms with Crippen molar-refractivity contribution in [3.8, 4) is 0 Å². The smallest absolute Gasteiger partial charge is 0.300 e. The third-order valence-electron chi connectivity index (χ3n) is 4.94. The van der Waals surface area contributed by atoms with Crippen LogP contribution in [0.15, 0.2) is 72.6 Å². The van der Waals surface area contributed by atoms with Gasteiger partial charge in [-0.1, -0.05) is 41.4 Å². The van der Waals surface area contributed by atoms with Gasteiger partial charge in [0, 0.05) is 23.6 Å². The SMILES string of the molecule is Cc1cccc(N2C(=O)C(=O)/C(=C(\O)c3ccncc3)C2c2ccc(Cl)c(Cl)c2)c1. The first-order valence-electron chi connectivity index (χ1n) is 9.11. The van der Waals surface area contributed by atoms with E-state index in [4.69, 9.17) is 23.2 Å². The second-order valence-corrected chi connectivity index (χ2v) is 7.73. The Labute approximate surface area is 183 Å². The molecule has 1 unspecified atom stereocenters. The van der Waals surface area contributed by atoms with E-state index < -0.39 is 17.7 Å². The molecule has 1 aliphatic heterocycles. The van der Waals surface area contributed by atoms with E-state index in [2.05, 4.69) is 4.98 Å². The van der Waals surface area contributed by atoms with Gasteiger partial charge in [-0.15, -0.1) is 0 Å². The molecule has 0 bridgehead atoms. The molecule has 2 aromatic carbocycles. The fourth-order valence-corrected chi connectivity index (χ4v) is 3.85. The van der Waals surface area contributed by atoms with Crippen LogP contribution < -0.4 is 4.90 Å². The maximum atomic E-state index is 13.1. The first-order chi connectivity index (χ1) is 14.4. The quantitative estimate of drug-likeness (QED) is 0.341. The van der Waals surface area contributed by atoms with Crippen LogP contribution in [0.3, 0.4) is 0 Å². The number of amides is 1. The second kappa shape index (κ2) is 7.94. The van der Waals surface area contributed by atoms with Crippen LogP contribution in [0.2, 0.25) is 10.0 Å². The molecular formula is C23H16Cl2N2O3. The molecule has 1 saturated heterocycles. The average molecular weight is 439 g/mol. The number of benzene rings is 2. The third kappa shape index (κ3) is 3.47. The number of aliphatic hydroxyl groups excluding tert-OH is 1. The number of halogens is 2. The zero-order valence-corrected chi connectivity index (χ0v) is 17.4. The van der Waals surface area contributed by atoms with Gasteiger partial charge < -0.3 is 5.11 Å². The highest BCUT2D eigenvalue weighted by atomic mass is 35.5. The van der Waals surface area contributed by atoms with Crippen LogP contribution >= 0.6 is 23.2 Å². The normalized spacial score (nSPS) is 18.1. The minimum absolute atomic E-state index is 0.0221. The van der Waals surface area contributed by atoms with Gasteiger partial charge in [-0.05, 0) is 54.4 Å². The van der Waals surface area contributed by atoms with Crippen LogP contribution in [0.4, 0.5) is 5.69 Å². The molecule has 0 aliphatic carbocycles. The fraction of sp³-hybridized carbons (Fsp3) is 0.0870. The molecule has 1 atom stereocenters. The topological polar surface area (TPSA) is 70.5 Å². The number of Topliss-reactive ketones (excluding diaryl/α,β-unsaturated/α-hetero) is 1. The maximum Gasteiger partial charge on any atom is 0.300 e. The van der Waals surface area contributed by atoms with Gasteiger partial charge in [-0.2, -0.15) is 0 Å². The van der Waals surface area contributed by atoms with Crippen molar-refractivity contribution in [2.24, 2.45) is 0 Å². The predicted molar refractivity (Wildman–Crippen MR) is 117 cm³/mol. The summed E-state index contributed by atoms with van der Waals surface area (Å²) in [6.07, 6.45) is 3.00. The molecule has 5 nitrogen and oxygen atoms in total. The Hall–Kier alpha value is -3.15. The molecule has 1 aromatic heterocycles. The highest BCUT2D eigenvalue weighted by Gasteiger charge is 2.47. The Kier molecular flexibility index (Phi) is 5.33. The fourth-order valence-electron chi connectivity index (χ4n) is 3.54. The summed E-state index contributed by atoms with van der Waals surface area (Å²) in [6, 6.07) is 14.4. The van der Waals surface area contributed by atoms with Gasteiger partial charge in [-0.25, -0.2) is 0 Å². The van der Waals surface area contributed by atoms with Gasteiger partial charge in [0.25, 0.3) is 11.7 Å². The van der Waals surface area contributed by atoms with Crippen molar-refractivity contribution in [3.63, 3.8) is 0 Å². The van der Waals surface area contributed by atoms with Gasteiger partial charge >= 0.3 is 0 Å². The van der Waals surface area contributed by atoms with Crippen LogP contribution in [0.1, 0.15) is 22.7 Å². The summed E-state index contributed by atoms with van der Waals surface area (Å²) in [5.74, 6) is -1.78. The van der Waals surface area contributed by atoms with Crippen molar-refractivity contribution in [1.29, 1.82) is 0 Å². The summed E-state index contributed by atoms with van der Waals surface area (Å²) in [4.78, 5) is 31.4.